The van der Waals surface area contributed by atoms with E-state index in [4.69, 9.17) is 0 Å². The first kappa shape index (κ1) is 12.0. The zero-order chi connectivity index (χ0) is 12.7. The smallest absolute Gasteiger partial charge is 0.213 e. The van der Waals surface area contributed by atoms with Crippen molar-refractivity contribution in [1.82, 2.24) is 4.98 Å². The largest absolute Gasteiger partial charge is 0.292 e. The highest BCUT2D eigenvalue weighted by atomic mass is 32.2. The fourth-order valence-corrected chi connectivity index (χ4v) is 5.13. The summed E-state index contributed by atoms with van der Waals surface area (Å²) in [7, 11) is -0.763. The summed E-state index contributed by atoms with van der Waals surface area (Å²) in [5.74, 6) is -0.846. The van der Waals surface area contributed by atoms with E-state index in [1.54, 1.807) is 6.07 Å². The molecule has 5 heteroatoms. The Labute approximate surface area is 107 Å². The number of hydrogen-bond donors (Lipinski definition) is 0. The minimum Gasteiger partial charge on any atom is -0.292 e. The van der Waals surface area contributed by atoms with Crippen molar-refractivity contribution in [3.8, 4) is 0 Å². The molecule has 2 aliphatic heterocycles. The lowest BCUT2D eigenvalue weighted by atomic mass is 9.92. The number of carbonyl (C=O) groups excluding carboxylic acids is 1. The minimum atomic E-state index is -0.763. The second-order valence-corrected chi connectivity index (χ2v) is 7.02. The molecule has 2 unspecified atom stereocenters. The summed E-state index contributed by atoms with van der Waals surface area (Å²) in [4.78, 5) is 15.9. The summed E-state index contributed by atoms with van der Waals surface area (Å²) in [5.41, 5.74) is 0.201. The number of halogens is 1. The van der Waals surface area contributed by atoms with Gasteiger partial charge in [0, 0.05) is 27.2 Å². The van der Waals surface area contributed by atoms with Gasteiger partial charge in [0.25, 0.3) is 0 Å². The molecule has 3 nitrogen and oxygen atoms in total. The molecule has 1 aromatic rings. The highest BCUT2D eigenvalue weighted by Gasteiger charge is 2.43. The molecule has 3 heterocycles. The molecule has 3 rings (SSSR count). The van der Waals surface area contributed by atoms with Crippen LogP contribution >= 0.6 is 0 Å². The molecule has 2 bridgehead atoms. The van der Waals surface area contributed by atoms with Crippen molar-refractivity contribution in [3.05, 3.63) is 29.8 Å². The third kappa shape index (κ3) is 2.00. The number of nitrogens with zero attached hydrogens (tertiary/aromatic N) is 1. The minimum absolute atomic E-state index is 0.0944. The van der Waals surface area contributed by atoms with Crippen molar-refractivity contribution in [2.24, 2.45) is 5.92 Å². The SMILES string of the molecule is O=C(c1cccc(F)n1)C1CC2CCC(C1)S2=O. The number of aromatic nitrogens is 1. The molecule has 0 radical (unpaired) electrons. The molecule has 1 aromatic heterocycles. The zero-order valence-electron chi connectivity index (χ0n) is 9.84. The Bertz CT molecular complexity index is 503. The Morgan fingerprint density at radius 1 is 1.28 bits per heavy atom. The van der Waals surface area contributed by atoms with Crippen LogP contribution in [0.3, 0.4) is 0 Å². The van der Waals surface area contributed by atoms with E-state index in [1.807, 2.05) is 0 Å². The molecule has 2 fully saturated rings. The van der Waals surface area contributed by atoms with Gasteiger partial charge in [-0.05, 0) is 37.8 Å². The number of rotatable bonds is 2. The molecule has 0 aromatic carbocycles. The monoisotopic (exact) mass is 267 g/mol. The molecule has 2 aliphatic rings. The Kier molecular flexibility index (Phi) is 3.01. The van der Waals surface area contributed by atoms with E-state index in [-0.39, 0.29) is 27.9 Å². The number of pyridine rings is 1. The zero-order valence-corrected chi connectivity index (χ0v) is 10.7. The molecule has 2 saturated heterocycles. The average molecular weight is 267 g/mol. The lowest BCUT2D eigenvalue weighted by Gasteiger charge is -2.25. The van der Waals surface area contributed by atoms with Crippen molar-refractivity contribution in [1.29, 1.82) is 0 Å². The van der Waals surface area contributed by atoms with Gasteiger partial charge < -0.3 is 0 Å². The highest BCUT2D eigenvalue weighted by Crippen LogP contribution is 2.39. The Morgan fingerprint density at radius 2 is 1.94 bits per heavy atom. The first-order chi connectivity index (χ1) is 8.65. The van der Waals surface area contributed by atoms with Gasteiger partial charge in [-0.15, -0.1) is 0 Å². The van der Waals surface area contributed by atoms with Crippen molar-refractivity contribution >= 4 is 16.6 Å². The molecule has 18 heavy (non-hydrogen) atoms. The number of Topliss-reactive ketones (excluding diaryl/α,β-unsaturated/α-hetero) is 1. The lowest BCUT2D eigenvalue weighted by molar-refractivity contribution is 0.0900. The van der Waals surface area contributed by atoms with Crippen molar-refractivity contribution < 1.29 is 13.4 Å². The third-order valence-corrected chi connectivity index (χ3v) is 6.07. The number of hydrogen-bond acceptors (Lipinski definition) is 3. The molecule has 0 saturated carbocycles. The number of ketones is 1. The van der Waals surface area contributed by atoms with Crippen LogP contribution in [0.4, 0.5) is 4.39 Å². The van der Waals surface area contributed by atoms with E-state index in [0.717, 1.165) is 12.8 Å². The fourth-order valence-electron chi connectivity index (χ4n) is 3.00. The van der Waals surface area contributed by atoms with Crippen LogP contribution in [0.25, 0.3) is 0 Å². The molecular weight excluding hydrogens is 253 g/mol. The molecule has 2 atom stereocenters. The third-order valence-electron chi connectivity index (χ3n) is 3.90. The standard InChI is InChI=1S/C13H14FNO2S/c14-12-3-1-2-11(15-12)13(16)8-6-9-4-5-10(7-8)18(9)17/h1-3,8-10H,4-7H2. The van der Waals surface area contributed by atoms with E-state index in [1.165, 1.54) is 12.1 Å². The van der Waals surface area contributed by atoms with E-state index in [0.29, 0.717) is 12.8 Å². The quantitative estimate of drug-likeness (QED) is 0.609. The molecular formula is C13H14FNO2S. The molecule has 96 valence electrons. The van der Waals surface area contributed by atoms with Gasteiger partial charge in [0.15, 0.2) is 5.78 Å². The topological polar surface area (TPSA) is 47.0 Å². The predicted molar refractivity (Wildman–Crippen MR) is 66.2 cm³/mol. The fraction of sp³-hybridized carbons (Fsp3) is 0.538. The summed E-state index contributed by atoms with van der Waals surface area (Å²) in [5, 5.41) is 0.317. The summed E-state index contributed by atoms with van der Waals surface area (Å²) in [6.07, 6.45) is 3.25. The second-order valence-electron chi connectivity index (χ2n) is 5.03. The van der Waals surface area contributed by atoms with Gasteiger partial charge >= 0.3 is 0 Å². The second kappa shape index (κ2) is 4.53. The van der Waals surface area contributed by atoms with Crippen LogP contribution in [-0.4, -0.2) is 25.5 Å². The number of carbonyl (C=O) groups is 1. The summed E-state index contributed by atoms with van der Waals surface area (Å²) >= 11 is 0. The maximum atomic E-state index is 13.0. The average Bonchev–Trinajstić information content (AvgIpc) is 2.61. The van der Waals surface area contributed by atoms with Gasteiger partial charge in [0.1, 0.15) is 5.69 Å². The molecule has 0 N–H and O–H groups in total. The number of fused-ring (bicyclic) bond motifs is 2. The van der Waals surface area contributed by atoms with Crippen LogP contribution in [-0.2, 0) is 10.8 Å². The maximum Gasteiger partial charge on any atom is 0.213 e. The maximum absolute atomic E-state index is 13.0. The van der Waals surface area contributed by atoms with Gasteiger partial charge in [-0.25, -0.2) is 4.98 Å². The van der Waals surface area contributed by atoms with Crippen LogP contribution in [0.15, 0.2) is 18.2 Å². The first-order valence-electron chi connectivity index (χ1n) is 6.21. The Balaban J connectivity index is 1.80. The van der Waals surface area contributed by atoms with Gasteiger partial charge in [0.05, 0.1) is 0 Å². The van der Waals surface area contributed by atoms with E-state index in [9.17, 15) is 13.4 Å². The first-order valence-corrected chi connectivity index (χ1v) is 7.49. The summed E-state index contributed by atoms with van der Waals surface area (Å²) in [6, 6.07) is 4.29. The predicted octanol–water partition coefficient (Wildman–Crippen LogP) is 2.09. The van der Waals surface area contributed by atoms with Crippen molar-refractivity contribution in [2.75, 3.05) is 0 Å². The van der Waals surface area contributed by atoms with Crippen LogP contribution in [0.1, 0.15) is 36.2 Å². The van der Waals surface area contributed by atoms with Crippen LogP contribution in [0, 0.1) is 11.9 Å². The lowest BCUT2D eigenvalue weighted by Crippen LogP contribution is -2.32. The van der Waals surface area contributed by atoms with E-state index >= 15 is 0 Å². The van der Waals surface area contributed by atoms with Crippen molar-refractivity contribution in [2.45, 2.75) is 36.2 Å². The summed E-state index contributed by atoms with van der Waals surface area (Å²) in [6.45, 7) is 0. The molecule has 0 aliphatic carbocycles. The normalized spacial score (nSPS) is 34.5. The highest BCUT2D eigenvalue weighted by molar-refractivity contribution is 7.86. The van der Waals surface area contributed by atoms with Crippen LogP contribution < -0.4 is 0 Å². The molecule has 0 spiro atoms. The Hall–Kier alpha value is -1.10. The summed E-state index contributed by atoms with van der Waals surface area (Å²) < 4.78 is 24.9. The Morgan fingerprint density at radius 3 is 2.56 bits per heavy atom. The van der Waals surface area contributed by atoms with E-state index in [2.05, 4.69) is 4.98 Å². The molecule has 0 amide bonds. The van der Waals surface area contributed by atoms with Crippen molar-refractivity contribution in [3.63, 3.8) is 0 Å². The van der Waals surface area contributed by atoms with Gasteiger partial charge in [0.2, 0.25) is 5.95 Å². The van der Waals surface area contributed by atoms with Gasteiger partial charge in [-0.1, -0.05) is 6.07 Å². The van der Waals surface area contributed by atoms with Gasteiger partial charge in [-0.3, -0.25) is 9.00 Å². The van der Waals surface area contributed by atoms with E-state index < -0.39 is 16.7 Å². The van der Waals surface area contributed by atoms with Gasteiger partial charge in [-0.2, -0.15) is 4.39 Å². The van der Waals surface area contributed by atoms with Crippen LogP contribution in [0.5, 0.6) is 0 Å². The van der Waals surface area contributed by atoms with Crippen LogP contribution in [0.2, 0.25) is 0 Å².